The zero-order valence-electron chi connectivity index (χ0n) is 10.3. The van der Waals surface area contributed by atoms with E-state index in [1.165, 1.54) is 6.07 Å². The molecule has 0 unspecified atom stereocenters. The minimum Gasteiger partial charge on any atom is -0.504 e. The quantitative estimate of drug-likeness (QED) is 0.608. The summed E-state index contributed by atoms with van der Waals surface area (Å²) in [4.78, 5) is 0. The minimum absolute atomic E-state index is 0.120. The Hall–Kier alpha value is -1.07. The van der Waals surface area contributed by atoms with Crippen LogP contribution in [0.15, 0.2) is 12.1 Å². The molecule has 17 heavy (non-hydrogen) atoms. The molecule has 0 atom stereocenters. The van der Waals surface area contributed by atoms with E-state index in [1.54, 1.807) is 17.8 Å². The summed E-state index contributed by atoms with van der Waals surface area (Å²) in [6.07, 6.45) is 2.05. The predicted molar refractivity (Wildman–Crippen MR) is 70.7 cm³/mol. The van der Waals surface area contributed by atoms with Crippen molar-refractivity contribution in [1.29, 1.82) is 0 Å². The molecule has 0 fully saturated rings. The summed E-state index contributed by atoms with van der Waals surface area (Å²) in [5.41, 5.74) is 0.567. The van der Waals surface area contributed by atoms with E-state index in [1.807, 2.05) is 6.26 Å². The lowest BCUT2D eigenvalue weighted by Crippen LogP contribution is -2.31. The molecule has 5 heteroatoms. The highest BCUT2D eigenvalue weighted by Gasteiger charge is 2.16. The molecule has 0 spiro atoms. The van der Waals surface area contributed by atoms with Gasteiger partial charge in [0.2, 0.25) is 5.75 Å². The van der Waals surface area contributed by atoms with Gasteiger partial charge in [0.25, 0.3) is 0 Å². The zero-order valence-corrected chi connectivity index (χ0v) is 11.1. The first-order valence-electron chi connectivity index (χ1n) is 5.36. The first kappa shape index (κ1) is 14.0. The van der Waals surface area contributed by atoms with Crippen molar-refractivity contribution in [2.75, 3.05) is 12.8 Å². The van der Waals surface area contributed by atoms with Crippen LogP contribution in [0.4, 0.5) is 0 Å². The van der Waals surface area contributed by atoms with Crippen molar-refractivity contribution in [3.8, 4) is 17.2 Å². The molecule has 0 bridgehead atoms. The number of hydrogen-bond acceptors (Lipinski definition) is 5. The molecular formula is C12H19NO3S. The Labute approximate surface area is 106 Å². The Morgan fingerprint density at radius 3 is 2.41 bits per heavy atom. The highest BCUT2D eigenvalue weighted by atomic mass is 32.2. The van der Waals surface area contributed by atoms with Crippen molar-refractivity contribution >= 4 is 11.8 Å². The molecule has 0 radical (unpaired) electrons. The van der Waals surface area contributed by atoms with Crippen molar-refractivity contribution in [2.24, 2.45) is 0 Å². The van der Waals surface area contributed by atoms with Crippen LogP contribution in [0.1, 0.15) is 19.4 Å². The molecule has 0 saturated carbocycles. The monoisotopic (exact) mass is 257 g/mol. The summed E-state index contributed by atoms with van der Waals surface area (Å²) in [6, 6.07) is 2.95. The van der Waals surface area contributed by atoms with Crippen LogP contribution in [0, 0.1) is 0 Å². The van der Waals surface area contributed by atoms with E-state index in [0.717, 1.165) is 6.54 Å². The molecule has 1 aromatic carbocycles. The van der Waals surface area contributed by atoms with Gasteiger partial charge in [0, 0.05) is 23.4 Å². The van der Waals surface area contributed by atoms with Crippen molar-refractivity contribution in [2.45, 2.75) is 25.1 Å². The van der Waals surface area contributed by atoms with E-state index in [9.17, 15) is 15.3 Å². The molecular weight excluding hydrogens is 238 g/mol. The molecule has 0 aliphatic rings. The van der Waals surface area contributed by atoms with Gasteiger partial charge >= 0.3 is 0 Å². The maximum atomic E-state index is 9.61. The SMILES string of the molecule is CSC(C)(C)CNCc1ccc(O)c(O)c1O. The predicted octanol–water partition coefficient (Wildman–Crippen LogP) is 2.03. The lowest BCUT2D eigenvalue weighted by molar-refractivity contribution is 0.364. The molecule has 4 nitrogen and oxygen atoms in total. The smallest absolute Gasteiger partial charge is 0.200 e. The van der Waals surface area contributed by atoms with Gasteiger partial charge in [-0.25, -0.2) is 0 Å². The molecule has 0 heterocycles. The van der Waals surface area contributed by atoms with E-state index in [4.69, 9.17) is 0 Å². The van der Waals surface area contributed by atoms with Crippen LogP contribution in [0.2, 0.25) is 0 Å². The van der Waals surface area contributed by atoms with Gasteiger partial charge < -0.3 is 20.6 Å². The van der Waals surface area contributed by atoms with Crippen LogP contribution < -0.4 is 5.32 Å². The summed E-state index contributed by atoms with van der Waals surface area (Å²) < 4.78 is 0.120. The molecule has 0 aromatic heterocycles. The Balaban J connectivity index is 2.62. The molecule has 0 saturated heterocycles. The van der Waals surface area contributed by atoms with E-state index >= 15 is 0 Å². The summed E-state index contributed by atoms with van der Waals surface area (Å²) in [7, 11) is 0. The molecule has 96 valence electrons. The fraction of sp³-hybridized carbons (Fsp3) is 0.500. The van der Waals surface area contributed by atoms with Crippen LogP contribution in [0.3, 0.4) is 0 Å². The molecule has 0 aliphatic carbocycles. The summed E-state index contributed by atoms with van der Waals surface area (Å²) in [5.74, 6) is -1.04. The normalized spacial score (nSPS) is 11.7. The van der Waals surface area contributed by atoms with Gasteiger partial charge in [-0.1, -0.05) is 6.07 Å². The van der Waals surface area contributed by atoms with Crippen LogP contribution in [-0.4, -0.2) is 32.9 Å². The Bertz CT molecular complexity index is 394. The second-order valence-electron chi connectivity index (χ2n) is 4.51. The average molecular weight is 257 g/mol. The summed E-state index contributed by atoms with van der Waals surface area (Å²) in [5, 5.41) is 31.4. The second-order valence-corrected chi connectivity index (χ2v) is 6.02. The zero-order chi connectivity index (χ0) is 13.1. The Kier molecular flexibility index (Phi) is 4.54. The van der Waals surface area contributed by atoms with Gasteiger partial charge in [-0.2, -0.15) is 11.8 Å². The van der Waals surface area contributed by atoms with Crippen LogP contribution in [0.5, 0.6) is 17.2 Å². The summed E-state index contributed by atoms with van der Waals surface area (Å²) in [6.45, 7) is 5.48. The Morgan fingerprint density at radius 2 is 1.82 bits per heavy atom. The number of thioether (sulfide) groups is 1. The number of nitrogens with one attached hydrogen (secondary N) is 1. The van der Waals surface area contributed by atoms with Gasteiger partial charge in [-0.3, -0.25) is 0 Å². The standard InChI is InChI=1S/C12H19NO3S/c1-12(2,17-3)7-13-6-8-4-5-9(14)11(16)10(8)15/h4-5,13-16H,6-7H2,1-3H3. The maximum Gasteiger partial charge on any atom is 0.200 e. The third kappa shape index (κ3) is 3.71. The highest BCUT2D eigenvalue weighted by molar-refractivity contribution is 7.99. The lowest BCUT2D eigenvalue weighted by atomic mass is 10.1. The van der Waals surface area contributed by atoms with Crippen molar-refractivity contribution in [3.63, 3.8) is 0 Å². The minimum atomic E-state index is -0.464. The van der Waals surface area contributed by atoms with Crippen LogP contribution in [0.25, 0.3) is 0 Å². The van der Waals surface area contributed by atoms with E-state index in [2.05, 4.69) is 19.2 Å². The average Bonchev–Trinajstić information content (AvgIpc) is 2.29. The number of aromatic hydroxyl groups is 3. The van der Waals surface area contributed by atoms with Gasteiger partial charge in [0.1, 0.15) is 0 Å². The number of phenolic OH excluding ortho intramolecular Hbond substituents is 3. The fourth-order valence-electron chi connectivity index (χ4n) is 1.32. The lowest BCUT2D eigenvalue weighted by Gasteiger charge is -2.22. The molecule has 1 aromatic rings. The number of benzene rings is 1. The van der Waals surface area contributed by atoms with Crippen molar-refractivity contribution in [1.82, 2.24) is 5.32 Å². The first-order chi connectivity index (χ1) is 7.87. The highest BCUT2D eigenvalue weighted by Crippen LogP contribution is 2.36. The van der Waals surface area contributed by atoms with Gasteiger partial charge in [-0.05, 0) is 26.2 Å². The summed E-state index contributed by atoms with van der Waals surface area (Å²) >= 11 is 1.76. The van der Waals surface area contributed by atoms with Crippen molar-refractivity contribution < 1.29 is 15.3 Å². The van der Waals surface area contributed by atoms with Gasteiger partial charge in [-0.15, -0.1) is 0 Å². The first-order valence-corrected chi connectivity index (χ1v) is 6.58. The van der Waals surface area contributed by atoms with E-state index in [-0.39, 0.29) is 16.2 Å². The fourth-order valence-corrected chi connectivity index (χ4v) is 1.57. The van der Waals surface area contributed by atoms with Gasteiger partial charge in [0.05, 0.1) is 0 Å². The molecule has 0 aliphatic heterocycles. The number of hydrogen-bond donors (Lipinski definition) is 4. The van der Waals surface area contributed by atoms with Gasteiger partial charge in [0.15, 0.2) is 11.5 Å². The molecule has 4 N–H and O–H groups in total. The Morgan fingerprint density at radius 1 is 1.18 bits per heavy atom. The molecule has 1 rings (SSSR count). The van der Waals surface area contributed by atoms with Crippen molar-refractivity contribution in [3.05, 3.63) is 17.7 Å². The van der Waals surface area contributed by atoms with Crippen LogP contribution in [-0.2, 0) is 6.54 Å². The third-order valence-electron chi connectivity index (χ3n) is 2.63. The largest absolute Gasteiger partial charge is 0.504 e. The van der Waals surface area contributed by atoms with Crippen LogP contribution >= 0.6 is 11.8 Å². The third-order valence-corrected chi connectivity index (χ3v) is 3.88. The topological polar surface area (TPSA) is 72.7 Å². The second kappa shape index (κ2) is 5.51. The number of rotatable bonds is 5. The molecule has 0 amide bonds. The van der Waals surface area contributed by atoms with E-state index < -0.39 is 5.75 Å². The number of phenols is 3. The maximum absolute atomic E-state index is 9.61. The van der Waals surface area contributed by atoms with E-state index in [0.29, 0.717) is 12.1 Å².